The maximum absolute atomic E-state index is 11.9. The fourth-order valence-electron chi connectivity index (χ4n) is 2.17. The molecule has 1 aromatic carbocycles. The molecule has 0 radical (unpaired) electrons. The van der Waals surface area contributed by atoms with Crippen LogP contribution in [0.3, 0.4) is 0 Å². The zero-order valence-electron chi connectivity index (χ0n) is 13.5. The van der Waals surface area contributed by atoms with E-state index in [0.29, 0.717) is 12.2 Å². The van der Waals surface area contributed by atoms with Gasteiger partial charge in [-0.05, 0) is 18.6 Å². The van der Waals surface area contributed by atoms with Gasteiger partial charge in [-0.2, -0.15) is 5.10 Å². The van der Waals surface area contributed by atoms with E-state index < -0.39 is 0 Å². The Morgan fingerprint density at radius 1 is 1.42 bits per heavy atom. The summed E-state index contributed by atoms with van der Waals surface area (Å²) < 4.78 is 6.99. The highest BCUT2D eigenvalue weighted by Crippen LogP contribution is 2.25. The lowest BCUT2D eigenvalue weighted by Crippen LogP contribution is -2.24. The van der Waals surface area contributed by atoms with Gasteiger partial charge in [0.15, 0.2) is 0 Å². The van der Waals surface area contributed by atoms with E-state index in [9.17, 15) is 4.79 Å². The number of aromatic nitrogens is 3. The number of rotatable bonds is 6. The number of thiazole rings is 1. The summed E-state index contributed by atoms with van der Waals surface area (Å²) in [6.07, 6.45) is 4.53. The van der Waals surface area contributed by atoms with E-state index in [2.05, 4.69) is 15.4 Å². The Morgan fingerprint density at radius 2 is 2.29 bits per heavy atom. The van der Waals surface area contributed by atoms with Crippen LogP contribution in [0.5, 0.6) is 5.75 Å². The monoisotopic (exact) mass is 342 g/mol. The molecular weight excluding hydrogens is 324 g/mol. The van der Waals surface area contributed by atoms with E-state index in [1.54, 1.807) is 23.4 Å². The summed E-state index contributed by atoms with van der Waals surface area (Å²) in [5.41, 5.74) is 2.22. The second-order valence-electron chi connectivity index (χ2n) is 5.17. The van der Waals surface area contributed by atoms with Gasteiger partial charge in [-0.3, -0.25) is 4.79 Å². The zero-order chi connectivity index (χ0) is 16.9. The van der Waals surface area contributed by atoms with Crippen molar-refractivity contribution in [3.63, 3.8) is 0 Å². The standard InChI is InChI=1S/C17H18N4O2S/c1-3-7-18-16(22)15-11-24-17(20-15)12-9-19-21(10-12)13-5-4-6-14(8-13)23-2/h4-6,8-11H,3,7H2,1-2H3,(H,18,22). The van der Waals surface area contributed by atoms with Gasteiger partial charge in [0.1, 0.15) is 16.5 Å². The fourth-order valence-corrected chi connectivity index (χ4v) is 2.94. The summed E-state index contributed by atoms with van der Waals surface area (Å²) >= 11 is 1.43. The van der Waals surface area contributed by atoms with Crippen LogP contribution in [-0.2, 0) is 0 Å². The summed E-state index contributed by atoms with van der Waals surface area (Å²) in [4.78, 5) is 16.3. The molecule has 0 aliphatic carbocycles. The summed E-state index contributed by atoms with van der Waals surface area (Å²) in [6.45, 7) is 2.67. The summed E-state index contributed by atoms with van der Waals surface area (Å²) in [6, 6.07) is 7.65. The molecule has 2 aromatic heterocycles. The minimum Gasteiger partial charge on any atom is -0.497 e. The molecule has 0 atom stereocenters. The molecular formula is C17H18N4O2S. The number of carbonyl (C=O) groups is 1. The van der Waals surface area contributed by atoms with Crippen LogP contribution in [0.4, 0.5) is 0 Å². The molecule has 6 nitrogen and oxygen atoms in total. The van der Waals surface area contributed by atoms with Crippen molar-refractivity contribution in [2.24, 2.45) is 0 Å². The van der Waals surface area contributed by atoms with Crippen LogP contribution < -0.4 is 10.1 Å². The number of nitrogens with one attached hydrogen (secondary N) is 1. The molecule has 1 amide bonds. The molecule has 0 bridgehead atoms. The SMILES string of the molecule is CCCNC(=O)c1csc(-c2cnn(-c3cccc(OC)c3)c2)n1. The van der Waals surface area contributed by atoms with Gasteiger partial charge < -0.3 is 10.1 Å². The van der Waals surface area contributed by atoms with E-state index >= 15 is 0 Å². The molecule has 0 saturated carbocycles. The van der Waals surface area contributed by atoms with Crippen molar-refractivity contribution in [1.29, 1.82) is 0 Å². The van der Waals surface area contributed by atoms with Gasteiger partial charge in [-0.15, -0.1) is 11.3 Å². The van der Waals surface area contributed by atoms with Crippen molar-refractivity contribution in [2.75, 3.05) is 13.7 Å². The van der Waals surface area contributed by atoms with E-state index in [1.165, 1.54) is 11.3 Å². The molecule has 7 heteroatoms. The van der Waals surface area contributed by atoms with E-state index in [-0.39, 0.29) is 5.91 Å². The molecule has 1 N–H and O–H groups in total. The molecule has 0 aliphatic rings. The van der Waals surface area contributed by atoms with Crippen LogP contribution in [0.25, 0.3) is 16.3 Å². The maximum atomic E-state index is 11.9. The van der Waals surface area contributed by atoms with Crippen molar-refractivity contribution in [2.45, 2.75) is 13.3 Å². The first kappa shape index (κ1) is 16.2. The lowest BCUT2D eigenvalue weighted by Gasteiger charge is -2.03. The Kier molecular flexibility index (Phi) is 4.90. The van der Waals surface area contributed by atoms with Crippen LogP contribution >= 0.6 is 11.3 Å². The number of carbonyl (C=O) groups excluding carboxylic acids is 1. The summed E-state index contributed by atoms with van der Waals surface area (Å²) in [5, 5.41) is 9.73. The minimum absolute atomic E-state index is 0.139. The topological polar surface area (TPSA) is 69.0 Å². The number of amides is 1. The summed E-state index contributed by atoms with van der Waals surface area (Å²) in [7, 11) is 1.63. The van der Waals surface area contributed by atoms with Gasteiger partial charge in [0.2, 0.25) is 0 Å². The van der Waals surface area contributed by atoms with Gasteiger partial charge in [-0.1, -0.05) is 13.0 Å². The van der Waals surface area contributed by atoms with Gasteiger partial charge in [0, 0.05) is 29.8 Å². The first-order valence-electron chi connectivity index (χ1n) is 7.64. The molecule has 2 heterocycles. The molecule has 24 heavy (non-hydrogen) atoms. The van der Waals surface area contributed by atoms with Crippen molar-refractivity contribution >= 4 is 17.2 Å². The average Bonchev–Trinajstić information content (AvgIpc) is 3.28. The lowest BCUT2D eigenvalue weighted by atomic mass is 10.3. The van der Waals surface area contributed by atoms with Crippen molar-refractivity contribution in [3.05, 3.63) is 47.7 Å². The number of nitrogens with zero attached hydrogens (tertiary/aromatic N) is 3. The van der Waals surface area contributed by atoms with Gasteiger partial charge >= 0.3 is 0 Å². The zero-order valence-corrected chi connectivity index (χ0v) is 14.3. The molecule has 0 spiro atoms. The molecule has 3 aromatic rings. The van der Waals surface area contributed by atoms with Crippen LogP contribution in [0.2, 0.25) is 0 Å². The van der Waals surface area contributed by atoms with Crippen LogP contribution in [-0.4, -0.2) is 34.3 Å². The third kappa shape index (κ3) is 3.46. The predicted octanol–water partition coefficient (Wildman–Crippen LogP) is 3.14. The maximum Gasteiger partial charge on any atom is 0.270 e. The lowest BCUT2D eigenvalue weighted by molar-refractivity contribution is 0.0949. The molecule has 0 fully saturated rings. The minimum atomic E-state index is -0.139. The highest BCUT2D eigenvalue weighted by Gasteiger charge is 2.13. The number of benzene rings is 1. The Bertz CT molecular complexity index is 840. The fraction of sp³-hybridized carbons (Fsp3) is 0.235. The first-order valence-corrected chi connectivity index (χ1v) is 8.52. The van der Waals surface area contributed by atoms with Crippen molar-refractivity contribution in [1.82, 2.24) is 20.1 Å². The quantitative estimate of drug-likeness (QED) is 0.747. The largest absolute Gasteiger partial charge is 0.497 e. The van der Waals surface area contributed by atoms with Crippen molar-refractivity contribution in [3.8, 4) is 22.0 Å². The van der Waals surface area contributed by atoms with E-state index in [4.69, 9.17) is 4.74 Å². The van der Waals surface area contributed by atoms with Gasteiger partial charge in [0.25, 0.3) is 5.91 Å². The van der Waals surface area contributed by atoms with Crippen LogP contribution in [0.1, 0.15) is 23.8 Å². The normalized spacial score (nSPS) is 10.6. The predicted molar refractivity (Wildman–Crippen MR) is 93.8 cm³/mol. The Labute approximate surface area is 144 Å². The Morgan fingerprint density at radius 3 is 3.08 bits per heavy atom. The first-order chi connectivity index (χ1) is 11.7. The molecule has 3 rings (SSSR count). The van der Waals surface area contributed by atoms with Gasteiger partial charge in [-0.25, -0.2) is 9.67 Å². The second kappa shape index (κ2) is 7.27. The Balaban J connectivity index is 1.80. The third-order valence-corrected chi connectivity index (χ3v) is 4.31. The Hall–Kier alpha value is -2.67. The van der Waals surface area contributed by atoms with E-state index in [0.717, 1.165) is 28.4 Å². The third-order valence-electron chi connectivity index (χ3n) is 3.42. The van der Waals surface area contributed by atoms with E-state index in [1.807, 2.05) is 37.4 Å². The van der Waals surface area contributed by atoms with Crippen LogP contribution in [0, 0.1) is 0 Å². The average molecular weight is 342 g/mol. The smallest absolute Gasteiger partial charge is 0.270 e. The second-order valence-corrected chi connectivity index (χ2v) is 6.03. The molecule has 124 valence electrons. The van der Waals surface area contributed by atoms with Crippen molar-refractivity contribution < 1.29 is 9.53 Å². The number of methoxy groups -OCH3 is 1. The van der Waals surface area contributed by atoms with Gasteiger partial charge in [0.05, 0.1) is 19.0 Å². The molecule has 0 unspecified atom stereocenters. The number of hydrogen-bond donors (Lipinski definition) is 1. The number of hydrogen-bond acceptors (Lipinski definition) is 5. The molecule has 0 saturated heterocycles. The molecule has 0 aliphatic heterocycles. The highest BCUT2D eigenvalue weighted by molar-refractivity contribution is 7.13. The summed E-state index contributed by atoms with van der Waals surface area (Å²) in [5.74, 6) is 0.633. The van der Waals surface area contributed by atoms with Crippen LogP contribution in [0.15, 0.2) is 42.0 Å². The highest BCUT2D eigenvalue weighted by atomic mass is 32.1. The number of ether oxygens (including phenoxy) is 1.